The molecule has 0 saturated carbocycles. The van der Waals surface area contributed by atoms with Crippen molar-refractivity contribution < 1.29 is 13.2 Å². The van der Waals surface area contributed by atoms with Gasteiger partial charge < -0.3 is 5.32 Å². The fraction of sp³-hybridized carbons (Fsp3) is 0.240. The molecule has 3 rings (SSSR count). The Balaban J connectivity index is 1.74. The van der Waals surface area contributed by atoms with Crippen molar-refractivity contribution in [1.82, 2.24) is 5.32 Å². The number of anilines is 1. The molecule has 1 N–H and O–H groups in total. The van der Waals surface area contributed by atoms with Gasteiger partial charge in [-0.3, -0.25) is 9.10 Å². The second kappa shape index (κ2) is 11.1. The van der Waals surface area contributed by atoms with Crippen LogP contribution in [0.1, 0.15) is 23.1 Å². The Morgan fingerprint density at radius 3 is 2.18 bits per heavy atom. The summed E-state index contributed by atoms with van der Waals surface area (Å²) in [4.78, 5) is 12.9. The fourth-order valence-electron chi connectivity index (χ4n) is 3.39. The SMILES string of the molecule is Cc1ccc(S(=O)(=O)N(CC(=O)NCCCc2ccc(Cl)cc2)c2ccc(Cl)cc2C)cc1. The maximum absolute atomic E-state index is 13.5. The molecule has 3 aromatic carbocycles. The van der Waals surface area contributed by atoms with Crippen LogP contribution in [-0.2, 0) is 21.2 Å². The number of carbonyl (C=O) groups is 1. The number of amides is 1. The number of carbonyl (C=O) groups excluding carboxylic acids is 1. The number of nitrogens with zero attached hydrogens (tertiary/aromatic N) is 1. The third-order valence-electron chi connectivity index (χ3n) is 5.20. The lowest BCUT2D eigenvalue weighted by Crippen LogP contribution is -2.41. The number of hydrogen-bond donors (Lipinski definition) is 1. The third kappa shape index (κ3) is 6.73. The number of rotatable bonds is 9. The maximum Gasteiger partial charge on any atom is 0.264 e. The van der Waals surface area contributed by atoms with E-state index in [4.69, 9.17) is 23.2 Å². The van der Waals surface area contributed by atoms with E-state index in [1.165, 1.54) is 0 Å². The average molecular weight is 505 g/mol. The highest BCUT2D eigenvalue weighted by atomic mass is 35.5. The summed E-state index contributed by atoms with van der Waals surface area (Å²) in [5, 5.41) is 4.01. The van der Waals surface area contributed by atoms with E-state index in [1.807, 2.05) is 31.2 Å². The van der Waals surface area contributed by atoms with E-state index in [-0.39, 0.29) is 17.3 Å². The zero-order valence-electron chi connectivity index (χ0n) is 18.5. The van der Waals surface area contributed by atoms with Crippen LogP contribution < -0.4 is 9.62 Å². The first kappa shape index (κ1) is 25.1. The van der Waals surface area contributed by atoms with Crippen molar-refractivity contribution in [2.24, 2.45) is 0 Å². The zero-order valence-corrected chi connectivity index (χ0v) is 20.8. The summed E-state index contributed by atoms with van der Waals surface area (Å²) < 4.78 is 28.1. The predicted octanol–water partition coefficient (Wildman–Crippen LogP) is 5.55. The number of benzene rings is 3. The lowest BCUT2D eigenvalue weighted by molar-refractivity contribution is -0.119. The van der Waals surface area contributed by atoms with Gasteiger partial charge in [0.05, 0.1) is 10.6 Å². The molecule has 0 saturated heterocycles. The molecule has 0 spiro atoms. The largest absolute Gasteiger partial charge is 0.355 e. The van der Waals surface area contributed by atoms with E-state index >= 15 is 0 Å². The molecule has 0 aliphatic rings. The highest BCUT2D eigenvalue weighted by Gasteiger charge is 2.28. The third-order valence-corrected chi connectivity index (χ3v) is 7.46. The number of sulfonamides is 1. The predicted molar refractivity (Wildman–Crippen MR) is 135 cm³/mol. The average Bonchev–Trinajstić information content (AvgIpc) is 2.77. The van der Waals surface area contributed by atoms with Gasteiger partial charge in [-0.2, -0.15) is 0 Å². The van der Waals surface area contributed by atoms with E-state index in [9.17, 15) is 13.2 Å². The molecule has 0 atom stereocenters. The van der Waals surface area contributed by atoms with Crippen LogP contribution in [0.25, 0.3) is 0 Å². The van der Waals surface area contributed by atoms with Crippen LogP contribution in [0.5, 0.6) is 0 Å². The summed E-state index contributed by atoms with van der Waals surface area (Å²) in [5.41, 5.74) is 3.14. The number of aryl methyl sites for hydroxylation is 3. The standard InChI is InChI=1S/C25H26Cl2N2O3S/c1-18-5-12-23(13-6-18)33(31,32)29(24-14-11-22(27)16-19(24)2)17-25(30)28-15-3-4-20-7-9-21(26)10-8-20/h5-14,16H,3-4,15,17H2,1-2H3,(H,28,30). The molecule has 0 aromatic heterocycles. The first-order valence-corrected chi connectivity index (χ1v) is 12.7. The van der Waals surface area contributed by atoms with Gasteiger partial charge in [0.1, 0.15) is 6.54 Å². The maximum atomic E-state index is 13.5. The summed E-state index contributed by atoms with van der Waals surface area (Å²) >= 11 is 12.0. The molecule has 0 radical (unpaired) electrons. The second-order valence-corrected chi connectivity index (χ2v) is 10.6. The van der Waals surface area contributed by atoms with Crippen molar-refractivity contribution in [2.75, 3.05) is 17.4 Å². The molecule has 0 fully saturated rings. The van der Waals surface area contributed by atoms with Gasteiger partial charge in [-0.25, -0.2) is 8.42 Å². The lowest BCUT2D eigenvalue weighted by Gasteiger charge is -2.26. The van der Waals surface area contributed by atoms with Gasteiger partial charge in [0.2, 0.25) is 5.91 Å². The number of nitrogens with one attached hydrogen (secondary N) is 1. The first-order chi connectivity index (χ1) is 15.7. The summed E-state index contributed by atoms with van der Waals surface area (Å²) in [7, 11) is -3.96. The Bertz CT molecular complexity index is 1210. The van der Waals surface area contributed by atoms with Crippen molar-refractivity contribution in [3.63, 3.8) is 0 Å². The van der Waals surface area contributed by atoms with E-state index in [0.29, 0.717) is 27.8 Å². The van der Waals surface area contributed by atoms with Gasteiger partial charge >= 0.3 is 0 Å². The monoisotopic (exact) mass is 504 g/mol. The molecule has 33 heavy (non-hydrogen) atoms. The minimum Gasteiger partial charge on any atom is -0.355 e. The van der Waals surface area contributed by atoms with Crippen molar-refractivity contribution >= 4 is 44.8 Å². The molecule has 8 heteroatoms. The molecule has 0 aliphatic carbocycles. The van der Waals surface area contributed by atoms with Gasteiger partial charge in [0.15, 0.2) is 0 Å². The van der Waals surface area contributed by atoms with Crippen LogP contribution in [0.4, 0.5) is 5.69 Å². The van der Waals surface area contributed by atoms with Gasteiger partial charge in [-0.15, -0.1) is 0 Å². The molecule has 1 amide bonds. The van der Waals surface area contributed by atoms with E-state index in [1.54, 1.807) is 49.4 Å². The first-order valence-electron chi connectivity index (χ1n) is 10.5. The molecule has 5 nitrogen and oxygen atoms in total. The Hall–Kier alpha value is -2.54. The van der Waals surface area contributed by atoms with Gasteiger partial charge in [-0.05, 0) is 80.3 Å². The van der Waals surface area contributed by atoms with Crippen LogP contribution in [0.3, 0.4) is 0 Å². The van der Waals surface area contributed by atoms with Gasteiger partial charge in [0, 0.05) is 16.6 Å². The smallest absolute Gasteiger partial charge is 0.264 e. The number of hydrogen-bond acceptors (Lipinski definition) is 3. The van der Waals surface area contributed by atoms with Gasteiger partial charge in [-0.1, -0.05) is 53.0 Å². The quantitative estimate of drug-likeness (QED) is 0.388. The highest BCUT2D eigenvalue weighted by Crippen LogP contribution is 2.29. The highest BCUT2D eigenvalue weighted by molar-refractivity contribution is 7.92. The van der Waals surface area contributed by atoms with Crippen LogP contribution in [0.2, 0.25) is 10.0 Å². The Morgan fingerprint density at radius 1 is 0.909 bits per heavy atom. The topological polar surface area (TPSA) is 66.5 Å². The van der Waals surface area contributed by atoms with E-state index in [0.717, 1.165) is 28.3 Å². The van der Waals surface area contributed by atoms with Crippen molar-refractivity contribution in [1.29, 1.82) is 0 Å². The summed E-state index contributed by atoms with van der Waals surface area (Å²) in [5.74, 6) is -0.379. The minimum absolute atomic E-state index is 0.123. The van der Waals surface area contributed by atoms with Crippen LogP contribution in [0, 0.1) is 13.8 Å². The van der Waals surface area contributed by atoms with Crippen molar-refractivity contribution in [2.45, 2.75) is 31.6 Å². The molecule has 0 heterocycles. The fourth-order valence-corrected chi connectivity index (χ4v) is 5.23. The molecule has 174 valence electrons. The molecular formula is C25H26Cl2N2O3S. The van der Waals surface area contributed by atoms with E-state index in [2.05, 4.69) is 5.32 Å². The van der Waals surface area contributed by atoms with Crippen LogP contribution >= 0.6 is 23.2 Å². The van der Waals surface area contributed by atoms with E-state index < -0.39 is 10.0 Å². The van der Waals surface area contributed by atoms with Crippen molar-refractivity contribution in [3.8, 4) is 0 Å². The Morgan fingerprint density at radius 2 is 1.55 bits per heavy atom. The van der Waals surface area contributed by atoms with Crippen molar-refractivity contribution in [3.05, 3.63) is 93.5 Å². The lowest BCUT2D eigenvalue weighted by atomic mass is 10.1. The van der Waals surface area contributed by atoms with Crippen LogP contribution in [-0.4, -0.2) is 27.4 Å². The molecule has 0 bridgehead atoms. The normalized spacial score (nSPS) is 11.3. The Labute approximate surface area is 205 Å². The summed E-state index contributed by atoms with van der Waals surface area (Å²) in [6.07, 6.45) is 1.50. The molecule has 3 aromatic rings. The minimum atomic E-state index is -3.96. The van der Waals surface area contributed by atoms with Gasteiger partial charge in [0.25, 0.3) is 10.0 Å². The number of halogens is 2. The Kier molecular flexibility index (Phi) is 8.40. The summed E-state index contributed by atoms with van der Waals surface area (Å²) in [6.45, 7) is 3.75. The second-order valence-electron chi connectivity index (χ2n) is 7.84. The molecule has 0 aliphatic heterocycles. The molecular weight excluding hydrogens is 479 g/mol. The molecule has 0 unspecified atom stereocenters. The van der Waals surface area contributed by atoms with Crippen LogP contribution in [0.15, 0.2) is 71.6 Å². The zero-order chi connectivity index (χ0) is 24.0. The summed E-state index contributed by atoms with van der Waals surface area (Å²) in [6, 6.07) is 19.0.